The lowest BCUT2D eigenvalue weighted by molar-refractivity contribution is -0.130. The summed E-state index contributed by atoms with van der Waals surface area (Å²) in [6, 6.07) is 8.27. The van der Waals surface area contributed by atoms with Gasteiger partial charge in [-0.25, -0.2) is 0 Å². The molecule has 0 spiro atoms. The summed E-state index contributed by atoms with van der Waals surface area (Å²) in [7, 11) is 0. The van der Waals surface area contributed by atoms with Gasteiger partial charge in [-0.15, -0.1) is 0 Å². The first kappa shape index (κ1) is 13.3. The van der Waals surface area contributed by atoms with Gasteiger partial charge in [-0.05, 0) is 29.4 Å². The molecule has 0 saturated carbocycles. The molecular weight excluding hydrogens is 224 g/mol. The lowest BCUT2D eigenvalue weighted by atomic mass is 9.74. The van der Waals surface area contributed by atoms with Gasteiger partial charge in [0.15, 0.2) is 5.78 Å². The maximum absolute atomic E-state index is 12.1. The van der Waals surface area contributed by atoms with Crippen molar-refractivity contribution in [3.8, 4) is 0 Å². The second-order valence-corrected chi connectivity index (χ2v) is 5.29. The van der Waals surface area contributed by atoms with Crippen molar-refractivity contribution in [3.05, 3.63) is 35.4 Å². The van der Waals surface area contributed by atoms with Crippen molar-refractivity contribution < 1.29 is 9.90 Å². The number of carbonyl (C=O) groups excluding carboxylic acids is 1. The van der Waals surface area contributed by atoms with Crippen molar-refractivity contribution >= 4 is 5.78 Å². The van der Waals surface area contributed by atoms with E-state index in [9.17, 15) is 9.90 Å². The predicted molar refractivity (Wildman–Crippen MR) is 72.6 cm³/mol. The molecule has 2 nitrogen and oxygen atoms in total. The number of fused-ring (bicyclic) bond motifs is 1. The fourth-order valence-electron chi connectivity index (χ4n) is 2.91. The third-order valence-corrected chi connectivity index (χ3v) is 4.23. The molecule has 1 aromatic carbocycles. The summed E-state index contributed by atoms with van der Waals surface area (Å²) in [5.74, 6) is 0.466. The van der Waals surface area contributed by atoms with Crippen LogP contribution in [-0.4, -0.2) is 17.0 Å². The number of Topliss-reactive ketones (excluding diaryl/α,β-unsaturated/α-hetero) is 1. The topological polar surface area (TPSA) is 37.3 Å². The molecule has 18 heavy (non-hydrogen) atoms. The van der Waals surface area contributed by atoms with Gasteiger partial charge in [-0.1, -0.05) is 51.0 Å². The largest absolute Gasteiger partial charge is 0.385 e. The number of aliphatic hydroxyl groups is 1. The van der Waals surface area contributed by atoms with Crippen LogP contribution in [0.25, 0.3) is 0 Å². The summed E-state index contributed by atoms with van der Waals surface area (Å²) in [6.45, 7) is 4.06. The highest BCUT2D eigenvalue weighted by atomic mass is 16.3. The molecule has 2 rings (SSSR count). The fourth-order valence-corrected chi connectivity index (χ4v) is 2.91. The van der Waals surface area contributed by atoms with Crippen LogP contribution in [0.2, 0.25) is 0 Å². The average Bonchev–Trinajstić information content (AvgIpc) is 2.37. The molecule has 2 unspecified atom stereocenters. The van der Waals surface area contributed by atoms with Crippen molar-refractivity contribution in [1.82, 2.24) is 0 Å². The number of hydrogen-bond donors (Lipinski definition) is 1. The van der Waals surface area contributed by atoms with Crippen LogP contribution in [0.15, 0.2) is 24.3 Å². The fraction of sp³-hybridized carbons (Fsp3) is 0.562. The van der Waals surface area contributed by atoms with Gasteiger partial charge in [0.05, 0.1) is 0 Å². The van der Waals surface area contributed by atoms with E-state index in [1.54, 1.807) is 0 Å². The molecule has 2 heteroatoms. The monoisotopic (exact) mass is 246 g/mol. The first-order chi connectivity index (χ1) is 8.67. The second-order valence-electron chi connectivity index (χ2n) is 5.29. The molecule has 1 aromatic rings. The van der Waals surface area contributed by atoms with E-state index >= 15 is 0 Å². The SMILES string of the molecule is CCC(CC)C(O)C(=O)CC1Cc2ccccc21. The molecule has 0 radical (unpaired) electrons. The Morgan fingerprint density at radius 3 is 2.61 bits per heavy atom. The third kappa shape index (κ3) is 2.49. The molecule has 0 fully saturated rings. The lowest BCUT2D eigenvalue weighted by Gasteiger charge is -2.31. The van der Waals surface area contributed by atoms with Crippen LogP contribution in [0, 0.1) is 5.92 Å². The Labute approximate surface area is 109 Å². The maximum Gasteiger partial charge on any atom is 0.162 e. The van der Waals surface area contributed by atoms with Gasteiger partial charge >= 0.3 is 0 Å². The van der Waals surface area contributed by atoms with Gasteiger partial charge in [-0.2, -0.15) is 0 Å². The minimum Gasteiger partial charge on any atom is -0.385 e. The first-order valence-corrected chi connectivity index (χ1v) is 6.95. The first-order valence-electron chi connectivity index (χ1n) is 6.95. The standard InChI is InChI=1S/C16H22O2/c1-3-11(4-2)16(18)15(17)10-13-9-12-7-5-6-8-14(12)13/h5-8,11,13,16,18H,3-4,9-10H2,1-2H3. The smallest absolute Gasteiger partial charge is 0.162 e. The van der Waals surface area contributed by atoms with Crippen molar-refractivity contribution in [1.29, 1.82) is 0 Å². The van der Waals surface area contributed by atoms with E-state index in [4.69, 9.17) is 0 Å². The molecule has 0 amide bonds. The van der Waals surface area contributed by atoms with E-state index in [1.165, 1.54) is 11.1 Å². The summed E-state index contributed by atoms with van der Waals surface area (Å²) in [5.41, 5.74) is 2.65. The Morgan fingerprint density at radius 1 is 1.33 bits per heavy atom. The average molecular weight is 246 g/mol. The quantitative estimate of drug-likeness (QED) is 0.837. The van der Waals surface area contributed by atoms with Crippen LogP contribution in [0.4, 0.5) is 0 Å². The number of carbonyl (C=O) groups is 1. The van der Waals surface area contributed by atoms with Gasteiger partial charge in [0.1, 0.15) is 6.10 Å². The molecule has 0 bridgehead atoms. The van der Waals surface area contributed by atoms with Gasteiger partial charge in [0.2, 0.25) is 0 Å². The van der Waals surface area contributed by atoms with Crippen molar-refractivity contribution in [2.24, 2.45) is 5.92 Å². The molecule has 1 N–H and O–H groups in total. The molecule has 2 atom stereocenters. The van der Waals surface area contributed by atoms with Crippen LogP contribution in [0.3, 0.4) is 0 Å². The van der Waals surface area contributed by atoms with Crippen LogP contribution < -0.4 is 0 Å². The molecular formula is C16H22O2. The number of rotatable bonds is 6. The third-order valence-electron chi connectivity index (χ3n) is 4.23. The number of ketones is 1. The zero-order chi connectivity index (χ0) is 13.1. The molecule has 0 aromatic heterocycles. The van der Waals surface area contributed by atoms with Crippen LogP contribution >= 0.6 is 0 Å². The van der Waals surface area contributed by atoms with Crippen LogP contribution in [0.5, 0.6) is 0 Å². The minimum atomic E-state index is -0.771. The van der Waals surface area contributed by atoms with E-state index in [0.29, 0.717) is 12.3 Å². The van der Waals surface area contributed by atoms with E-state index < -0.39 is 6.10 Å². The number of benzene rings is 1. The summed E-state index contributed by atoms with van der Waals surface area (Å²) in [5, 5.41) is 10.0. The van der Waals surface area contributed by atoms with E-state index in [-0.39, 0.29) is 11.7 Å². The van der Waals surface area contributed by atoms with E-state index in [2.05, 4.69) is 12.1 Å². The Kier molecular flexibility index (Phi) is 4.18. The molecule has 1 aliphatic rings. The van der Waals surface area contributed by atoms with E-state index in [1.807, 2.05) is 26.0 Å². The predicted octanol–water partition coefficient (Wildman–Crippen LogP) is 3.08. The zero-order valence-electron chi connectivity index (χ0n) is 11.2. The highest BCUT2D eigenvalue weighted by molar-refractivity contribution is 5.84. The lowest BCUT2D eigenvalue weighted by Crippen LogP contribution is -2.32. The minimum absolute atomic E-state index is 0.0169. The van der Waals surface area contributed by atoms with Crippen molar-refractivity contribution in [2.45, 2.75) is 51.6 Å². The Morgan fingerprint density at radius 2 is 2.00 bits per heavy atom. The van der Waals surface area contributed by atoms with Crippen molar-refractivity contribution in [3.63, 3.8) is 0 Å². The molecule has 0 aliphatic heterocycles. The number of hydrogen-bond acceptors (Lipinski definition) is 2. The van der Waals surface area contributed by atoms with Gasteiger partial charge in [0.25, 0.3) is 0 Å². The van der Waals surface area contributed by atoms with Crippen LogP contribution in [-0.2, 0) is 11.2 Å². The molecule has 0 saturated heterocycles. The normalized spacial score (nSPS) is 19.2. The van der Waals surface area contributed by atoms with E-state index in [0.717, 1.165) is 19.3 Å². The number of aliphatic hydroxyl groups excluding tert-OH is 1. The van der Waals surface area contributed by atoms with Crippen LogP contribution in [0.1, 0.15) is 50.2 Å². The summed E-state index contributed by atoms with van der Waals surface area (Å²) >= 11 is 0. The highest BCUT2D eigenvalue weighted by Gasteiger charge is 2.31. The van der Waals surface area contributed by atoms with Gasteiger partial charge in [-0.3, -0.25) is 4.79 Å². The van der Waals surface area contributed by atoms with Gasteiger partial charge in [0, 0.05) is 6.42 Å². The molecule has 0 heterocycles. The highest BCUT2D eigenvalue weighted by Crippen LogP contribution is 2.37. The molecule has 1 aliphatic carbocycles. The Hall–Kier alpha value is -1.15. The Bertz CT molecular complexity index is 421. The Balaban J connectivity index is 1.94. The summed E-state index contributed by atoms with van der Waals surface area (Å²) in [4.78, 5) is 12.1. The molecule has 98 valence electrons. The maximum atomic E-state index is 12.1. The summed E-state index contributed by atoms with van der Waals surface area (Å²) in [6.07, 6.45) is 2.44. The second kappa shape index (κ2) is 5.66. The zero-order valence-corrected chi connectivity index (χ0v) is 11.2. The summed E-state index contributed by atoms with van der Waals surface area (Å²) < 4.78 is 0. The van der Waals surface area contributed by atoms with Crippen molar-refractivity contribution in [2.75, 3.05) is 0 Å². The van der Waals surface area contributed by atoms with Gasteiger partial charge < -0.3 is 5.11 Å².